The maximum Gasteiger partial charge on any atom is 0.268 e. The molecule has 0 aliphatic heterocycles. The Morgan fingerprint density at radius 2 is 1.94 bits per heavy atom. The third kappa shape index (κ3) is 5.46. The van der Waals surface area contributed by atoms with Crippen molar-refractivity contribution >= 4 is 23.3 Å². The van der Waals surface area contributed by atoms with E-state index in [1.165, 1.54) is 0 Å². The van der Waals surface area contributed by atoms with Crippen molar-refractivity contribution in [2.24, 2.45) is 5.41 Å². The molecule has 0 saturated heterocycles. The third-order valence-electron chi connectivity index (χ3n) is 6.21. The summed E-state index contributed by atoms with van der Waals surface area (Å²) in [5, 5.41) is 5.78. The first-order chi connectivity index (χ1) is 15.6. The first-order valence-electron chi connectivity index (χ1n) is 11.6. The molecular formula is C26H35N3O4. The molecule has 2 aromatic rings. The van der Waals surface area contributed by atoms with Gasteiger partial charge >= 0.3 is 0 Å². The molecule has 1 aromatic heterocycles. The normalized spacial score (nSPS) is 15.5. The van der Waals surface area contributed by atoms with Crippen LogP contribution in [0, 0.1) is 19.3 Å². The second-order valence-electron chi connectivity index (χ2n) is 9.78. The summed E-state index contributed by atoms with van der Waals surface area (Å²) in [5.41, 5.74) is 3.86. The highest BCUT2D eigenvalue weighted by molar-refractivity contribution is 6.06. The van der Waals surface area contributed by atoms with Gasteiger partial charge in [0.15, 0.2) is 5.78 Å². The number of aryl methyl sites for hydroxylation is 1. The van der Waals surface area contributed by atoms with Crippen molar-refractivity contribution in [1.82, 2.24) is 10.3 Å². The van der Waals surface area contributed by atoms with Crippen molar-refractivity contribution in [3.05, 3.63) is 46.3 Å². The molecule has 0 bridgehead atoms. The monoisotopic (exact) mass is 453 g/mol. The largest absolute Gasteiger partial charge is 0.495 e. The lowest BCUT2D eigenvalue weighted by Gasteiger charge is -2.28. The lowest BCUT2D eigenvalue weighted by atomic mass is 9.75. The number of H-pyrrole nitrogens is 1. The van der Waals surface area contributed by atoms with Crippen molar-refractivity contribution in [3.63, 3.8) is 0 Å². The van der Waals surface area contributed by atoms with Crippen molar-refractivity contribution in [1.29, 1.82) is 0 Å². The van der Waals surface area contributed by atoms with E-state index in [1.807, 2.05) is 39.8 Å². The summed E-state index contributed by atoms with van der Waals surface area (Å²) in [6.45, 7) is 9.88. The minimum absolute atomic E-state index is 0.0563. The van der Waals surface area contributed by atoms with E-state index < -0.39 is 6.04 Å². The van der Waals surface area contributed by atoms with Crippen molar-refractivity contribution < 1.29 is 19.1 Å². The quantitative estimate of drug-likeness (QED) is 0.538. The van der Waals surface area contributed by atoms with Crippen LogP contribution < -0.4 is 15.4 Å². The Labute approximate surface area is 195 Å². The number of carbonyl (C=O) groups is 3. The average Bonchev–Trinajstić information content (AvgIpc) is 3.07. The second kappa shape index (κ2) is 9.81. The SMILES string of the molecule is CCCCC(NC(=O)c1[nH]c2c(c1C)C(=O)CC(C)(C)C2)C(=O)Nc1ccc(C)cc1OC. The Bertz CT molecular complexity index is 1070. The standard InChI is InChI=1S/C26H35N3O4/c1-7-8-9-18(24(31)28-17-11-10-15(2)12-21(17)33-6)29-25(32)23-16(3)22-19(27-23)13-26(4,5)14-20(22)30/h10-12,18,27H,7-9,13-14H2,1-6H3,(H,28,31)(H,29,32). The fourth-order valence-corrected chi connectivity index (χ4v) is 4.49. The molecule has 0 spiro atoms. The number of hydrogen-bond donors (Lipinski definition) is 3. The van der Waals surface area contributed by atoms with Gasteiger partial charge in [0.2, 0.25) is 5.91 Å². The zero-order chi connectivity index (χ0) is 24.3. The zero-order valence-electron chi connectivity index (χ0n) is 20.5. The van der Waals surface area contributed by atoms with Gasteiger partial charge in [-0.25, -0.2) is 0 Å². The summed E-state index contributed by atoms with van der Waals surface area (Å²) in [6.07, 6.45) is 3.35. The van der Waals surface area contributed by atoms with Crippen LogP contribution in [-0.4, -0.2) is 35.7 Å². The fourth-order valence-electron chi connectivity index (χ4n) is 4.49. The predicted molar refractivity (Wildman–Crippen MR) is 129 cm³/mol. The number of anilines is 1. The Morgan fingerprint density at radius 3 is 2.61 bits per heavy atom. The summed E-state index contributed by atoms with van der Waals surface area (Å²) in [5.74, 6) is -0.0523. The number of fused-ring (bicyclic) bond motifs is 1. The van der Waals surface area contributed by atoms with Gasteiger partial charge in [0.25, 0.3) is 5.91 Å². The lowest BCUT2D eigenvalue weighted by Crippen LogP contribution is -2.44. The third-order valence-corrected chi connectivity index (χ3v) is 6.21. The predicted octanol–water partition coefficient (Wildman–Crippen LogP) is 4.72. The molecule has 0 saturated carbocycles. The van der Waals surface area contributed by atoms with Crippen LogP contribution in [0.1, 0.15) is 84.1 Å². The number of aromatic amines is 1. The number of aromatic nitrogens is 1. The Morgan fingerprint density at radius 1 is 1.21 bits per heavy atom. The fraction of sp³-hybridized carbons (Fsp3) is 0.500. The van der Waals surface area contributed by atoms with E-state index in [1.54, 1.807) is 20.1 Å². The number of rotatable bonds is 8. The van der Waals surface area contributed by atoms with Gasteiger partial charge in [-0.1, -0.05) is 39.7 Å². The molecule has 7 heteroatoms. The number of carbonyl (C=O) groups excluding carboxylic acids is 3. The Kier molecular flexibility index (Phi) is 7.30. The highest BCUT2D eigenvalue weighted by Gasteiger charge is 2.35. The van der Waals surface area contributed by atoms with Crippen LogP contribution in [-0.2, 0) is 11.2 Å². The number of ether oxygens (including phenoxy) is 1. The molecule has 33 heavy (non-hydrogen) atoms. The van der Waals surface area contributed by atoms with Gasteiger partial charge in [-0.15, -0.1) is 0 Å². The zero-order valence-corrected chi connectivity index (χ0v) is 20.5. The van der Waals surface area contributed by atoms with Crippen LogP contribution in [0.4, 0.5) is 5.69 Å². The molecule has 3 N–H and O–H groups in total. The summed E-state index contributed by atoms with van der Waals surface area (Å²) >= 11 is 0. The van der Waals surface area contributed by atoms with Crippen LogP contribution in [0.15, 0.2) is 18.2 Å². The van der Waals surface area contributed by atoms with Gasteiger partial charge in [-0.2, -0.15) is 0 Å². The van der Waals surface area contributed by atoms with Crippen LogP contribution in [0.5, 0.6) is 5.75 Å². The molecule has 1 aromatic carbocycles. The molecule has 3 rings (SSSR count). The molecule has 1 aliphatic carbocycles. The lowest BCUT2D eigenvalue weighted by molar-refractivity contribution is -0.118. The number of benzene rings is 1. The van der Waals surface area contributed by atoms with Crippen LogP contribution in [0.25, 0.3) is 0 Å². The summed E-state index contributed by atoms with van der Waals surface area (Å²) in [7, 11) is 1.55. The van der Waals surface area contributed by atoms with E-state index in [-0.39, 0.29) is 23.0 Å². The molecule has 0 fully saturated rings. The van der Waals surface area contributed by atoms with Gasteiger partial charge < -0.3 is 20.4 Å². The second-order valence-corrected chi connectivity index (χ2v) is 9.78. The van der Waals surface area contributed by atoms with E-state index in [2.05, 4.69) is 15.6 Å². The highest BCUT2D eigenvalue weighted by Crippen LogP contribution is 2.36. The summed E-state index contributed by atoms with van der Waals surface area (Å²) < 4.78 is 5.39. The van der Waals surface area contributed by atoms with E-state index in [9.17, 15) is 14.4 Å². The maximum absolute atomic E-state index is 13.2. The van der Waals surface area contributed by atoms with Crippen molar-refractivity contribution in [2.75, 3.05) is 12.4 Å². The summed E-state index contributed by atoms with van der Waals surface area (Å²) in [4.78, 5) is 42.2. The van der Waals surface area contributed by atoms with Gasteiger partial charge in [-0.3, -0.25) is 14.4 Å². The molecule has 1 heterocycles. The number of amides is 2. The molecule has 1 atom stereocenters. The molecule has 1 aliphatic rings. The van der Waals surface area contributed by atoms with Crippen LogP contribution in [0.3, 0.4) is 0 Å². The maximum atomic E-state index is 13.2. The Hall–Kier alpha value is -3.09. The van der Waals surface area contributed by atoms with Crippen molar-refractivity contribution in [3.8, 4) is 5.75 Å². The van der Waals surface area contributed by atoms with Gasteiger partial charge in [0, 0.05) is 17.7 Å². The number of unbranched alkanes of at least 4 members (excludes halogenated alkanes) is 1. The van der Waals surface area contributed by atoms with Crippen LogP contribution >= 0.6 is 0 Å². The van der Waals surface area contributed by atoms with Crippen LogP contribution in [0.2, 0.25) is 0 Å². The molecule has 7 nitrogen and oxygen atoms in total. The van der Waals surface area contributed by atoms with Gasteiger partial charge in [0.1, 0.15) is 17.5 Å². The van der Waals surface area contributed by atoms with Gasteiger partial charge in [0.05, 0.1) is 12.8 Å². The number of ketones is 1. The average molecular weight is 454 g/mol. The first-order valence-corrected chi connectivity index (χ1v) is 11.6. The smallest absolute Gasteiger partial charge is 0.268 e. The molecular weight excluding hydrogens is 418 g/mol. The topological polar surface area (TPSA) is 100 Å². The molecule has 1 unspecified atom stereocenters. The first kappa shape index (κ1) is 24.6. The van der Waals surface area contributed by atoms with E-state index in [0.717, 1.165) is 24.1 Å². The number of hydrogen-bond acceptors (Lipinski definition) is 4. The van der Waals surface area contributed by atoms with E-state index in [4.69, 9.17) is 4.74 Å². The molecule has 178 valence electrons. The molecule has 2 amide bonds. The number of nitrogens with one attached hydrogen (secondary N) is 3. The van der Waals surface area contributed by atoms with E-state index in [0.29, 0.717) is 47.5 Å². The summed E-state index contributed by atoms with van der Waals surface area (Å²) in [6, 6.07) is 4.82. The van der Waals surface area contributed by atoms with E-state index >= 15 is 0 Å². The Balaban J connectivity index is 1.82. The minimum Gasteiger partial charge on any atom is -0.495 e. The number of methoxy groups -OCH3 is 1. The highest BCUT2D eigenvalue weighted by atomic mass is 16.5. The van der Waals surface area contributed by atoms with Gasteiger partial charge in [-0.05, 0) is 55.4 Å². The number of Topliss-reactive ketones (excluding diaryl/α,β-unsaturated/α-hetero) is 1. The van der Waals surface area contributed by atoms with Crippen molar-refractivity contribution in [2.45, 2.75) is 72.8 Å². The minimum atomic E-state index is -0.713. The molecule has 0 radical (unpaired) electrons.